The molecule has 0 heterocycles. The van der Waals surface area contributed by atoms with Gasteiger partial charge in [0, 0.05) is 5.56 Å². The molecule has 0 unspecified atom stereocenters. The maximum Gasteiger partial charge on any atom is 0.422 e. The Morgan fingerprint density at radius 1 is 1.06 bits per heavy atom. The van der Waals surface area contributed by atoms with Crippen LogP contribution in [0.25, 0.3) is 11.1 Å². The van der Waals surface area contributed by atoms with Gasteiger partial charge in [-0.15, -0.1) is 0 Å². The number of hydrogen-bond acceptors (Lipinski definition) is 2. The number of carbonyl (C=O) groups is 1. The van der Waals surface area contributed by atoms with Crippen LogP contribution in [0.3, 0.4) is 0 Å². The van der Waals surface area contributed by atoms with Gasteiger partial charge in [-0.2, -0.15) is 26.3 Å². The predicted octanol–water partition coefficient (Wildman–Crippen LogP) is 7.33. The van der Waals surface area contributed by atoms with Gasteiger partial charge in [-0.3, -0.25) is 4.79 Å². The zero-order chi connectivity index (χ0) is 23.7. The van der Waals surface area contributed by atoms with Gasteiger partial charge in [0.25, 0.3) is 0 Å². The van der Waals surface area contributed by atoms with Crippen LogP contribution in [0.2, 0.25) is 5.02 Å². The van der Waals surface area contributed by atoms with E-state index in [1.165, 1.54) is 12.1 Å². The molecule has 1 saturated carbocycles. The first-order valence-corrected chi connectivity index (χ1v) is 10.2. The van der Waals surface area contributed by atoms with Gasteiger partial charge in [0.2, 0.25) is 0 Å². The molecular formula is C22H19ClF6O3. The topological polar surface area (TPSA) is 46.5 Å². The lowest BCUT2D eigenvalue weighted by atomic mass is 9.83. The van der Waals surface area contributed by atoms with Crippen LogP contribution >= 0.6 is 11.6 Å². The lowest BCUT2D eigenvalue weighted by Gasteiger charge is -2.23. The van der Waals surface area contributed by atoms with Gasteiger partial charge in [-0.25, -0.2) is 0 Å². The first kappa shape index (κ1) is 24.2. The summed E-state index contributed by atoms with van der Waals surface area (Å²) in [5.74, 6) is -2.59. The van der Waals surface area contributed by atoms with E-state index in [4.69, 9.17) is 16.3 Å². The summed E-state index contributed by atoms with van der Waals surface area (Å²) in [6.07, 6.45) is -6.19. The minimum absolute atomic E-state index is 0.00489. The van der Waals surface area contributed by atoms with Gasteiger partial charge in [-0.1, -0.05) is 36.6 Å². The summed E-state index contributed by atoms with van der Waals surface area (Å²) in [4.78, 5) is 12.0. The van der Waals surface area contributed by atoms with Gasteiger partial charge in [0.15, 0.2) is 6.61 Å². The summed E-state index contributed by atoms with van der Waals surface area (Å²) in [5.41, 5.74) is -0.552. The van der Waals surface area contributed by atoms with E-state index in [-0.39, 0.29) is 33.4 Å². The van der Waals surface area contributed by atoms with Crippen LogP contribution in [-0.4, -0.2) is 23.9 Å². The van der Waals surface area contributed by atoms with Crippen molar-refractivity contribution in [1.29, 1.82) is 0 Å². The van der Waals surface area contributed by atoms with E-state index >= 15 is 0 Å². The van der Waals surface area contributed by atoms with E-state index in [2.05, 4.69) is 0 Å². The molecule has 1 N–H and O–H groups in total. The molecule has 0 aromatic heterocycles. The Balaban J connectivity index is 2.11. The molecule has 3 nitrogen and oxygen atoms in total. The standard InChI is InChI=1S/C22H19ClF6O3/c23-17-10-14(18(20(30)31)13-3-1-2-4-13)9-16(19(17)32-11-21(24,25)26)12-5-7-15(8-6-12)22(27,28)29/h5-10,13,18H,1-4,11H2,(H,30,31)/t18-/m1/s1. The fourth-order valence-corrected chi connectivity index (χ4v) is 4.34. The van der Waals surface area contributed by atoms with Crippen molar-refractivity contribution in [3.8, 4) is 16.9 Å². The molecule has 1 atom stereocenters. The summed E-state index contributed by atoms with van der Waals surface area (Å²) in [6.45, 7) is -1.66. The smallest absolute Gasteiger partial charge is 0.422 e. The first-order chi connectivity index (χ1) is 14.9. The van der Waals surface area contributed by atoms with E-state index < -0.39 is 36.4 Å². The maximum atomic E-state index is 12.9. The number of rotatable bonds is 6. The van der Waals surface area contributed by atoms with Crippen molar-refractivity contribution in [2.45, 2.75) is 44.0 Å². The Kier molecular flexibility index (Phi) is 6.97. The van der Waals surface area contributed by atoms with Crippen LogP contribution in [0.4, 0.5) is 26.3 Å². The van der Waals surface area contributed by atoms with Crippen LogP contribution in [0.15, 0.2) is 36.4 Å². The SMILES string of the molecule is O=C(O)[C@@H](c1cc(Cl)c(OCC(F)(F)F)c(-c2ccc(C(F)(F)F)cc2)c1)C1CCCC1. The van der Waals surface area contributed by atoms with E-state index in [0.717, 1.165) is 37.1 Å². The van der Waals surface area contributed by atoms with Gasteiger partial charge in [0.05, 0.1) is 16.5 Å². The van der Waals surface area contributed by atoms with Crippen molar-refractivity contribution < 1.29 is 41.0 Å². The van der Waals surface area contributed by atoms with Crippen molar-refractivity contribution in [3.05, 3.63) is 52.5 Å². The highest BCUT2D eigenvalue weighted by Crippen LogP contribution is 2.44. The maximum absolute atomic E-state index is 12.9. The molecule has 174 valence electrons. The molecule has 1 aliphatic rings. The highest BCUT2D eigenvalue weighted by molar-refractivity contribution is 6.32. The van der Waals surface area contributed by atoms with Crippen molar-refractivity contribution >= 4 is 17.6 Å². The zero-order valence-corrected chi connectivity index (χ0v) is 17.3. The van der Waals surface area contributed by atoms with Crippen LogP contribution in [0, 0.1) is 5.92 Å². The largest absolute Gasteiger partial charge is 0.482 e. The quantitative estimate of drug-likeness (QED) is 0.440. The number of carboxylic acid groups (broad SMARTS) is 1. The average molecular weight is 481 g/mol. The Hall–Kier alpha value is -2.42. The molecule has 10 heteroatoms. The van der Waals surface area contributed by atoms with E-state index in [1.54, 1.807) is 0 Å². The summed E-state index contributed by atoms with van der Waals surface area (Å²) >= 11 is 6.21. The summed E-state index contributed by atoms with van der Waals surface area (Å²) in [6, 6.07) is 6.35. The Morgan fingerprint density at radius 3 is 2.16 bits per heavy atom. The van der Waals surface area contributed by atoms with Crippen LogP contribution in [0.5, 0.6) is 5.75 Å². The number of halogens is 7. The zero-order valence-electron chi connectivity index (χ0n) is 16.6. The summed E-state index contributed by atoms with van der Waals surface area (Å²) < 4.78 is 81.8. The van der Waals surface area contributed by atoms with Crippen molar-refractivity contribution in [2.24, 2.45) is 5.92 Å². The highest BCUT2D eigenvalue weighted by Gasteiger charge is 2.35. The number of ether oxygens (including phenoxy) is 1. The molecule has 0 spiro atoms. The molecule has 0 bridgehead atoms. The molecule has 0 radical (unpaired) electrons. The lowest BCUT2D eigenvalue weighted by Crippen LogP contribution is -2.21. The third kappa shape index (κ3) is 5.68. The second-order valence-corrected chi connectivity index (χ2v) is 8.13. The van der Waals surface area contributed by atoms with E-state index in [9.17, 15) is 36.2 Å². The molecule has 1 aliphatic carbocycles. The first-order valence-electron chi connectivity index (χ1n) is 9.80. The molecule has 0 saturated heterocycles. The number of alkyl halides is 6. The third-order valence-corrected chi connectivity index (χ3v) is 5.75. The molecule has 3 rings (SSSR count). The fraction of sp³-hybridized carbons (Fsp3) is 0.409. The summed E-state index contributed by atoms with van der Waals surface area (Å²) in [5, 5.41) is 9.55. The predicted molar refractivity (Wildman–Crippen MR) is 106 cm³/mol. The van der Waals surface area contributed by atoms with Crippen LogP contribution in [0.1, 0.15) is 42.7 Å². The minimum Gasteiger partial charge on any atom is -0.482 e. The minimum atomic E-state index is -4.67. The Morgan fingerprint density at radius 2 is 1.66 bits per heavy atom. The number of hydrogen-bond donors (Lipinski definition) is 1. The number of carboxylic acids is 1. The molecular weight excluding hydrogens is 462 g/mol. The van der Waals surface area contributed by atoms with Gasteiger partial charge >= 0.3 is 18.3 Å². The fourth-order valence-electron chi connectivity index (χ4n) is 4.05. The lowest BCUT2D eigenvalue weighted by molar-refractivity contribution is -0.153. The molecule has 0 aliphatic heterocycles. The average Bonchev–Trinajstić information content (AvgIpc) is 3.19. The molecule has 0 amide bonds. The monoisotopic (exact) mass is 480 g/mol. The number of aliphatic carboxylic acids is 1. The summed E-state index contributed by atoms with van der Waals surface area (Å²) in [7, 11) is 0. The second-order valence-electron chi connectivity index (χ2n) is 7.72. The second kappa shape index (κ2) is 9.21. The Labute approximate surface area is 184 Å². The normalized spacial score (nSPS) is 16.2. The Bertz CT molecular complexity index is 963. The molecule has 1 fully saturated rings. The van der Waals surface area contributed by atoms with Crippen molar-refractivity contribution in [3.63, 3.8) is 0 Å². The van der Waals surface area contributed by atoms with E-state index in [1.807, 2.05) is 0 Å². The van der Waals surface area contributed by atoms with Crippen molar-refractivity contribution in [2.75, 3.05) is 6.61 Å². The van der Waals surface area contributed by atoms with Gasteiger partial charge in [-0.05, 0) is 54.2 Å². The third-order valence-electron chi connectivity index (χ3n) is 5.47. The molecule has 2 aromatic rings. The molecule has 32 heavy (non-hydrogen) atoms. The highest BCUT2D eigenvalue weighted by atomic mass is 35.5. The molecule has 2 aromatic carbocycles. The van der Waals surface area contributed by atoms with E-state index in [0.29, 0.717) is 12.8 Å². The van der Waals surface area contributed by atoms with Crippen LogP contribution in [-0.2, 0) is 11.0 Å². The number of benzene rings is 2. The van der Waals surface area contributed by atoms with Gasteiger partial charge in [0.1, 0.15) is 5.75 Å². The van der Waals surface area contributed by atoms with Gasteiger partial charge < -0.3 is 9.84 Å². The van der Waals surface area contributed by atoms with Crippen molar-refractivity contribution in [1.82, 2.24) is 0 Å². The van der Waals surface area contributed by atoms with Crippen LogP contribution < -0.4 is 4.74 Å².